The van der Waals surface area contributed by atoms with Gasteiger partial charge in [0.15, 0.2) is 0 Å². The van der Waals surface area contributed by atoms with Crippen molar-refractivity contribution in [2.45, 2.75) is 6.54 Å². The molecule has 0 aromatic heterocycles. The van der Waals surface area contributed by atoms with Crippen LogP contribution in [0.4, 0.5) is 14.5 Å². The number of benzene rings is 3. The Morgan fingerprint density at radius 3 is 2.24 bits per heavy atom. The third-order valence-corrected chi connectivity index (χ3v) is 3.71. The molecule has 0 spiro atoms. The van der Waals surface area contributed by atoms with Gasteiger partial charge in [-0.25, -0.2) is 8.78 Å². The fourth-order valence-corrected chi connectivity index (χ4v) is 2.62. The van der Waals surface area contributed by atoms with E-state index >= 15 is 0 Å². The number of hydrogen-bond acceptors (Lipinski definition) is 1. The zero-order valence-electron chi connectivity index (χ0n) is 11.0. The molecule has 1 nitrogen and oxygen atoms in total. The minimum Gasteiger partial charge on any atom is -0.381 e. The van der Waals surface area contributed by atoms with E-state index in [1.165, 1.54) is 12.1 Å². The molecule has 0 aliphatic rings. The minimum absolute atomic E-state index is 0.372. The van der Waals surface area contributed by atoms with Crippen LogP contribution in [-0.2, 0) is 6.54 Å². The van der Waals surface area contributed by atoms with Gasteiger partial charge in [0.2, 0.25) is 0 Å². The summed E-state index contributed by atoms with van der Waals surface area (Å²) in [7, 11) is 0. The fraction of sp³-hybridized carbons (Fsp3) is 0.0588. The maximum absolute atomic E-state index is 13.1. The molecule has 21 heavy (non-hydrogen) atoms. The quantitative estimate of drug-likeness (QED) is 0.660. The molecule has 4 heteroatoms. The minimum atomic E-state index is -0.560. The molecule has 0 aliphatic carbocycles. The van der Waals surface area contributed by atoms with E-state index in [0.717, 1.165) is 27.0 Å². The van der Waals surface area contributed by atoms with E-state index in [0.29, 0.717) is 12.1 Å². The van der Waals surface area contributed by atoms with Crippen LogP contribution in [0, 0.1) is 11.6 Å². The fourth-order valence-electron chi connectivity index (χ4n) is 2.24. The molecule has 0 bridgehead atoms. The van der Waals surface area contributed by atoms with Crippen molar-refractivity contribution >= 4 is 32.4 Å². The summed E-state index contributed by atoms with van der Waals surface area (Å²) in [5.74, 6) is -1.12. The van der Waals surface area contributed by atoms with Crippen molar-refractivity contribution in [3.05, 3.63) is 76.3 Å². The highest BCUT2D eigenvalue weighted by molar-refractivity contribution is 9.10. The Morgan fingerprint density at radius 2 is 1.48 bits per heavy atom. The van der Waals surface area contributed by atoms with Crippen molar-refractivity contribution in [1.29, 1.82) is 0 Å². The van der Waals surface area contributed by atoms with Gasteiger partial charge in [0.25, 0.3) is 0 Å². The van der Waals surface area contributed by atoms with Gasteiger partial charge < -0.3 is 5.32 Å². The summed E-state index contributed by atoms with van der Waals surface area (Å²) < 4.78 is 27.3. The van der Waals surface area contributed by atoms with Gasteiger partial charge in [-0.3, -0.25) is 0 Å². The highest BCUT2D eigenvalue weighted by Crippen LogP contribution is 2.23. The molecule has 0 fully saturated rings. The van der Waals surface area contributed by atoms with Gasteiger partial charge in [0.1, 0.15) is 11.6 Å². The first kappa shape index (κ1) is 14.0. The summed E-state index contributed by atoms with van der Waals surface area (Å²) in [5.41, 5.74) is 1.48. The van der Waals surface area contributed by atoms with Crippen LogP contribution in [0.3, 0.4) is 0 Å². The molecule has 1 N–H and O–H groups in total. The van der Waals surface area contributed by atoms with Crippen LogP contribution in [0.15, 0.2) is 59.1 Å². The lowest BCUT2D eigenvalue weighted by atomic mass is 10.1. The first-order chi connectivity index (χ1) is 10.1. The highest BCUT2D eigenvalue weighted by atomic mass is 79.9. The Morgan fingerprint density at radius 1 is 0.810 bits per heavy atom. The Kier molecular flexibility index (Phi) is 3.88. The van der Waals surface area contributed by atoms with Gasteiger partial charge in [-0.15, -0.1) is 0 Å². The lowest BCUT2D eigenvalue weighted by molar-refractivity contribution is 0.580. The molecule has 3 aromatic carbocycles. The Labute approximate surface area is 129 Å². The van der Waals surface area contributed by atoms with Gasteiger partial charge in [-0.05, 0) is 52.7 Å². The predicted molar refractivity (Wildman–Crippen MR) is 85.3 cm³/mol. The van der Waals surface area contributed by atoms with Crippen LogP contribution in [0.1, 0.15) is 5.56 Å². The largest absolute Gasteiger partial charge is 0.381 e. The van der Waals surface area contributed by atoms with Crippen molar-refractivity contribution < 1.29 is 8.78 Å². The summed E-state index contributed by atoms with van der Waals surface area (Å²) >= 11 is 3.44. The van der Waals surface area contributed by atoms with Gasteiger partial charge in [-0.1, -0.05) is 28.1 Å². The van der Waals surface area contributed by atoms with E-state index in [4.69, 9.17) is 0 Å². The van der Waals surface area contributed by atoms with Crippen LogP contribution < -0.4 is 5.32 Å². The molecule has 3 rings (SSSR count). The summed E-state index contributed by atoms with van der Waals surface area (Å²) in [6.45, 7) is 0.372. The molecule has 106 valence electrons. The van der Waals surface area contributed by atoms with E-state index in [2.05, 4.69) is 21.2 Å². The molecule has 0 atom stereocenters. The molecule has 0 aliphatic heterocycles. The second-order valence-corrected chi connectivity index (χ2v) is 5.75. The second-order valence-electron chi connectivity index (χ2n) is 4.84. The van der Waals surface area contributed by atoms with Crippen molar-refractivity contribution in [3.8, 4) is 0 Å². The predicted octanol–water partition coefficient (Wildman–Crippen LogP) is 5.49. The van der Waals surface area contributed by atoms with E-state index in [1.807, 2.05) is 36.4 Å². The van der Waals surface area contributed by atoms with Crippen molar-refractivity contribution in [1.82, 2.24) is 0 Å². The van der Waals surface area contributed by atoms with E-state index in [1.54, 1.807) is 0 Å². The monoisotopic (exact) mass is 347 g/mol. The standard InChI is InChI=1S/C17H12BrF2N/c18-14-3-1-13-8-17(4-2-12(13)7-14)21-10-11-5-15(19)9-16(20)6-11/h1-9,21H,10H2. The summed E-state index contributed by atoms with van der Waals surface area (Å²) in [4.78, 5) is 0. The first-order valence-corrected chi connectivity index (χ1v) is 7.28. The molecule has 0 radical (unpaired) electrons. The van der Waals surface area contributed by atoms with E-state index in [9.17, 15) is 8.78 Å². The number of halogens is 3. The summed E-state index contributed by atoms with van der Waals surface area (Å²) in [5, 5.41) is 5.41. The lowest BCUT2D eigenvalue weighted by Crippen LogP contribution is -2.00. The Bertz CT molecular complexity index is 782. The van der Waals surface area contributed by atoms with Gasteiger partial charge >= 0.3 is 0 Å². The average molecular weight is 348 g/mol. The summed E-state index contributed by atoms with van der Waals surface area (Å²) in [6.07, 6.45) is 0. The van der Waals surface area contributed by atoms with Crippen LogP contribution in [0.2, 0.25) is 0 Å². The maximum Gasteiger partial charge on any atom is 0.126 e. The van der Waals surface area contributed by atoms with E-state index in [-0.39, 0.29) is 0 Å². The molecule has 0 heterocycles. The number of rotatable bonds is 3. The van der Waals surface area contributed by atoms with Crippen LogP contribution in [0.5, 0.6) is 0 Å². The third-order valence-electron chi connectivity index (χ3n) is 3.22. The van der Waals surface area contributed by atoms with Gasteiger partial charge in [-0.2, -0.15) is 0 Å². The molecule has 0 saturated carbocycles. The summed E-state index contributed by atoms with van der Waals surface area (Å²) in [6, 6.07) is 15.5. The smallest absolute Gasteiger partial charge is 0.126 e. The normalized spacial score (nSPS) is 10.8. The Hall–Kier alpha value is -1.94. The SMILES string of the molecule is Fc1cc(F)cc(CNc2ccc3cc(Br)ccc3c2)c1. The number of nitrogens with one attached hydrogen (secondary N) is 1. The van der Waals surface area contributed by atoms with Crippen LogP contribution >= 0.6 is 15.9 Å². The highest BCUT2D eigenvalue weighted by Gasteiger charge is 2.02. The van der Waals surface area contributed by atoms with E-state index < -0.39 is 11.6 Å². The van der Waals surface area contributed by atoms with Crippen LogP contribution in [0.25, 0.3) is 10.8 Å². The zero-order valence-corrected chi connectivity index (χ0v) is 12.6. The second kappa shape index (κ2) is 5.82. The molecule has 0 unspecified atom stereocenters. The molecule has 0 amide bonds. The molecular formula is C17H12BrF2N. The number of hydrogen-bond donors (Lipinski definition) is 1. The van der Waals surface area contributed by atoms with Crippen molar-refractivity contribution in [3.63, 3.8) is 0 Å². The molecule has 3 aromatic rings. The molecule has 0 saturated heterocycles. The van der Waals surface area contributed by atoms with Crippen molar-refractivity contribution in [2.24, 2.45) is 0 Å². The number of anilines is 1. The average Bonchev–Trinajstić information content (AvgIpc) is 2.44. The zero-order chi connectivity index (χ0) is 14.8. The van der Waals surface area contributed by atoms with Gasteiger partial charge in [0, 0.05) is 22.8 Å². The van der Waals surface area contributed by atoms with Gasteiger partial charge in [0.05, 0.1) is 0 Å². The van der Waals surface area contributed by atoms with Crippen molar-refractivity contribution in [2.75, 3.05) is 5.32 Å². The Balaban J connectivity index is 1.80. The topological polar surface area (TPSA) is 12.0 Å². The number of fused-ring (bicyclic) bond motifs is 1. The molecular weight excluding hydrogens is 336 g/mol. The third kappa shape index (κ3) is 3.39. The van der Waals surface area contributed by atoms with Crippen LogP contribution in [-0.4, -0.2) is 0 Å². The maximum atomic E-state index is 13.1. The first-order valence-electron chi connectivity index (χ1n) is 6.48. The lowest BCUT2D eigenvalue weighted by Gasteiger charge is -2.08.